The van der Waals surface area contributed by atoms with Crippen LogP contribution >= 0.6 is 0 Å². The van der Waals surface area contributed by atoms with Gasteiger partial charge in [-0.2, -0.15) is 0 Å². The fraction of sp³-hybridized carbons (Fsp3) is 0.778. The van der Waals surface area contributed by atoms with Crippen LogP contribution in [0, 0.1) is 11.8 Å². The van der Waals surface area contributed by atoms with E-state index in [2.05, 4.69) is 13.8 Å². The van der Waals surface area contributed by atoms with Crippen molar-refractivity contribution < 1.29 is 9.59 Å². The van der Waals surface area contributed by atoms with E-state index in [1.165, 1.54) is 0 Å². The van der Waals surface area contributed by atoms with E-state index in [9.17, 15) is 9.59 Å². The van der Waals surface area contributed by atoms with E-state index in [0.29, 0.717) is 18.8 Å². The Morgan fingerprint density at radius 2 is 1.55 bits per heavy atom. The van der Waals surface area contributed by atoms with Gasteiger partial charge in [0.1, 0.15) is 12.6 Å². The lowest BCUT2D eigenvalue weighted by Gasteiger charge is -2.12. The van der Waals surface area contributed by atoms with Gasteiger partial charge < -0.3 is 9.59 Å². The number of aldehydes is 2. The van der Waals surface area contributed by atoms with Crippen molar-refractivity contribution in [1.29, 1.82) is 0 Å². The Bertz CT molecular complexity index is 109. The van der Waals surface area contributed by atoms with Gasteiger partial charge in [-0.3, -0.25) is 0 Å². The van der Waals surface area contributed by atoms with Gasteiger partial charge in [0.05, 0.1) is 0 Å². The van der Waals surface area contributed by atoms with Crippen molar-refractivity contribution in [2.75, 3.05) is 0 Å². The van der Waals surface area contributed by atoms with Gasteiger partial charge in [0.15, 0.2) is 0 Å². The first-order chi connectivity index (χ1) is 5.20. The Hall–Kier alpha value is -0.660. The van der Waals surface area contributed by atoms with Crippen molar-refractivity contribution in [3.05, 3.63) is 0 Å². The van der Waals surface area contributed by atoms with Crippen molar-refractivity contribution in [3.63, 3.8) is 0 Å². The lowest BCUT2D eigenvalue weighted by Crippen LogP contribution is -2.05. The predicted molar refractivity (Wildman–Crippen MR) is 44.3 cm³/mol. The van der Waals surface area contributed by atoms with Gasteiger partial charge in [0.25, 0.3) is 0 Å². The standard InChI is InChI=1S/C9H16O2/c1-8(2)7-9(3-5-10)4-6-11/h5-6,8-9H,3-4,7H2,1-2H3. The fourth-order valence-electron chi connectivity index (χ4n) is 1.23. The van der Waals surface area contributed by atoms with Crippen LogP contribution < -0.4 is 0 Å². The molecule has 2 nitrogen and oxygen atoms in total. The van der Waals surface area contributed by atoms with Gasteiger partial charge in [-0.1, -0.05) is 13.8 Å². The number of hydrogen-bond acceptors (Lipinski definition) is 2. The summed E-state index contributed by atoms with van der Waals surface area (Å²) < 4.78 is 0. The maximum atomic E-state index is 10.2. The minimum Gasteiger partial charge on any atom is -0.303 e. The summed E-state index contributed by atoms with van der Waals surface area (Å²) in [5.41, 5.74) is 0. The van der Waals surface area contributed by atoms with Crippen molar-refractivity contribution in [1.82, 2.24) is 0 Å². The second-order valence-electron chi connectivity index (χ2n) is 3.30. The van der Waals surface area contributed by atoms with Gasteiger partial charge in [0, 0.05) is 12.8 Å². The zero-order valence-electron chi connectivity index (χ0n) is 7.25. The molecule has 0 saturated carbocycles. The summed E-state index contributed by atoms with van der Waals surface area (Å²) in [6, 6.07) is 0. The molecule has 64 valence electrons. The quantitative estimate of drug-likeness (QED) is 0.550. The first-order valence-electron chi connectivity index (χ1n) is 4.08. The summed E-state index contributed by atoms with van der Waals surface area (Å²) in [6.07, 6.45) is 3.82. The second-order valence-corrected chi connectivity index (χ2v) is 3.30. The summed E-state index contributed by atoms with van der Waals surface area (Å²) >= 11 is 0. The Kier molecular flexibility index (Phi) is 5.71. The highest BCUT2D eigenvalue weighted by Crippen LogP contribution is 2.16. The molecule has 0 aromatic carbocycles. The summed E-state index contributed by atoms with van der Waals surface area (Å²) in [5, 5.41) is 0. The van der Waals surface area contributed by atoms with Crippen LogP contribution in [0.4, 0.5) is 0 Å². The third-order valence-electron chi connectivity index (χ3n) is 1.66. The molecule has 0 spiro atoms. The van der Waals surface area contributed by atoms with E-state index in [1.54, 1.807) is 0 Å². The van der Waals surface area contributed by atoms with E-state index >= 15 is 0 Å². The first-order valence-corrected chi connectivity index (χ1v) is 4.08. The average Bonchev–Trinajstić information content (AvgIpc) is 1.87. The van der Waals surface area contributed by atoms with Crippen LogP contribution in [-0.2, 0) is 9.59 Å². The second kappa shape index (κ2) is 6.08. The van der Waals surface area contributed by atoms with E-state index in [-0.39, 0.29) is 5.92 Å². The molecule has 0 bridgehead atoms. The van der Waals surface area contributed by atoms with E-state index in [0.717, 1.165) is 19.0 Å². The molecule has 0 fully saturated rings. The number of carbonyl (C=O) groups is 2. The van der Waals surface area contributed by atoms with Crippen LogP contribution in [0.25, 0.3) is 0 Å². The molecule has 0 aliphatic heterocycles. The molecule has 0 N–H and O–H groups in total. The molecule has 0 radical (unpaired) electrons. The van der Waals surface area contributed by atoms with Gasteiger partial charge in [0.2, 0.25) is 0 Å². The molecular formula is C9H16O2. The third kappa shape index (κ3) is 5.77. The molecule has 0 aliphatic carbocycles. The molecule has 0 saturated heterocycles. The number of hydrogen-bond donors (Lipinski definition) is 0. The van der Waals surface area contributed by atoms with Crippen molar-refractivity contribution in [2.45, 2.75) is 33.1 Å². The van der Waals surface area contributed by atoms with Crippen molar-refractivity contribution in [2.24, 2.45) is 11.8 Å². The predicted octanol–water partition coefficient (Wildman–Crippen LogP) is 1.83. The highest BCUT2D eigenvalue weighted by Gasteiger charge is 2.08. The average molecular weight is 156 g/mol. The van der Waals surface area contributed by atoms with Crippen LogP contribution in [0.3, 0.4) is 0 Å². The molecular weight excluding hydrogens is 140 g/mol. The van der Waals surface area contributed by atoms with E-state index < -0.39 is 0 Å². The summed E-state index contributed by atoms with van der Waals surface area (Å²) in [6.45, 7) is 4.20. The van der Waals surface area contributed by atoms with Gasteiger partial charge >= 0.3 is 0 Å². The molecule has 0 aromatic heterocycles. The van der Waals surface area contributed by atoms with Crippen LogP contribution in [0.2, 0.25) is 0 Å². The highest BCUT2D eigenvalue weighted by molar-refractivity contribution is 5.54. The zero-order valence-corrected chi connectivity index (χ0v) is 7.25. The summed E-state index contributed by atoms with van der Waals surface area (Å²) in [7, 11) is 0. The molecule has 0 atom stereocenters. The van der Waals surface area contributed by atoms with Crippen LogP contribution in [0.5, 0.6) is 0 Å². The SMILES string of the molecule is CC(C)CC(CC=O)CC=O. The Morgan fingerprint density at radius 1 is 1.09 bits per heavy atom. The lowest BCUT2D eigenvalue weighted by atomic mass is 9.92. The summed E-state index contributed by atoms with van der Waals surface area (Å²) in [5.74, 6) is 0.838. The molecule has 0 aromatic rings. The lowest BCUT2D eigenvalue weighted by molar-refractivity contribution is -0.110. The van der Waals surface area contributed by atoms with Crippen LogP contribution in [0.1, 0.15) is 33.1 Å². The smallest absolute Gasteiger partial charge is 0.120 e. The first kappa shape index (κ1) is 10.3. The maximum absolute atomic E-state index is 10.2. The molecule has 0 rings (SSSR count). The Labute approximate surface area is 68.0 Å². The topological polar surface area (TPSA) is 34.1 Å². The minimum absolute atomic E-state index is 0.269. The Morgan fingerprint density at radius 3 is 1.82 bits per heavy atom. The van der Waals surface area contributed by atoms with Gasteiger partial charge in [-0.05, 0) is 18.3 Å². The molecule has 0 unspecified atom stereocenters. The van der Waals surface area contributed by atoms with Crippen molar-refractivity contribution >= 4 is 12.6 Å². The Balaban J connectivity index is 3.67. The molecule has 0 heterocycles. The molecule has 2 heteroatoms. The third-order valence-corrected chi connectivity index (χ3v) is 1.66. The molecule has 11 heavy (non-hydrogen) atoms. The van der Waals surface area contributed by atoms with Gasteiger partial charge in [-0.15, -0.1) is 0 Å². The largest absolute Gasteiger partial charge is 0.303 e. The normalized spacial score (nSPS) is 10.5. The van der Waals surface area contributed by atoms with Crippen molar-refractivity contribution in [3.8, 4) is 0 Å². The van der Waals surface area contributed by atoms with E-state index in [1.807, 2.05) is 0 Å². The van der Waals surface area contributed by atoms with Crippen LogP contribution in [0.15, 0.2) is 0 Å². The number of carbonyl (C=O) groups excluding carboxylic acids is 2. The highest BCUT2D eigenvalue weighted by atomic mass is 16.1. The number of rotatable bonds is 6. The van der Waals surface area contributed by atoms with Gasteiger partial charge in [-0.25, -0.2) is 0 Å². The van der Waals surface area contributed by atoms with Crippen LogP contribution in [-0.4, -0.2) is 12.6 Å². The summed E-state index contributed by atoms with van der Waals surface area (Å²) in [4.78, 5) is 20.3. The molecule has 0 aliphatic rings. The maximum Gasteiger partial charge on any atom is 0.120 e. The zero-order chi connectivity index (χ0) is 8.69. The monoisotopic (exact) mass is 156 g/mol. The fourth-order valence-corrected chi connectivity index (χ4v) is 1.23. The minimum atomic E-state index is 0.269. The molecule has 0 amide bonds. The van der Waals surface area contributed by atoms with E-state index in [4.69, 9.17) is 0 Å².